The van der Waals surface area contributed by atoms with Crippen LogP contribution in [0.5, 0.6) is 5.75 Å². The molecule has 1 unspecified atom stereocenters. The van der Waals surface area contributed by atoms with E-state index in [-0.39, 0.29) is 23.4 Å². The number of nitrogens with one attached hydrogen (secondary N) is 1. The van der Waals surface area contributed by atoms with Crippen LogP contribution < -0.4 is 10.1 Å². The van der Waals surface area contributed by atoms with Crippen molar-refractivity contribution in [2.45, 2.75) is 51.6 Å². The number of carbonyl (C=O) groups excluding carboxylic acids is 2. The predicted octanol–water partition coefficient (Wildman–Crippen LogP) is 4.40. The highest BCUT2D eigenvalue weighted by Crippen LogP contribution is 2.19. The van der Waals surface area contributed by atoms with Crippen molar-refractivity contribution in [3.8, 4) is 5.75 Å². The number of rotatable bonds is 9. The van der Waals surface area contributed by atoms with Gasteiger partial charge in [0.2, 0.25) is 11.8 Å². The quantitative estimate of drug-likeness (QED) is 0.620. The number of methoxy groups -OCH3 is 1. The molecular weight excluding hydrogens is 415 g/mol. The monoisotopic (exact) mass is 446 g/mol. The second-order valence-electron chi connectivity index (χ2n) is 8.37. The number of nitrogens with zero attached hydrogens (tertiary/aromatic N) is 1. The van der Waals surface area contributed by atoms with Crippen molar-refractivity contribution >= 4 is 23.6 Å². The molecule has 168 valence electrons. The van der Waals surface area contributed by atoms with Gasteiger partial charge in [-0.05, 0) is 57.0 Å². The summed E-state index contributed by atoms with van der Waals surface area (Å²) in [7, 11) is 1.59. The molecule has 0 radical (unpaired) electrons. The summed E-state index contributed by atoms with van der Waals surface area (Å²) < 4.78 is 19.0. The Bertz CT molecular complexity index is 881. The van der Waals surface area contributed by atoms with Crippen LogP contribution in [-0.2, 0) is 21.9 Å². The molecule has 1 atom stereocenters. The lowest BCUT2D eigenvalue weighted by atomic mass is 10.1. The van der Waals surface area contributed by atoms with Gasteiger partial charge in [-0.3, -0.25) is 9.59 Å². The van der Waals surface area contributed by atoms with Crippen LogP contribution in [0.2, 0.25) is 0 Å². The van der Waals surface area contributed by atoms with E-state index >= 15 is 0 Å². The Labute approximate surface area is 188 Å². The van der Waals surface area contributed by atoms with Crippen LogP contribution in [0.1, 0.15) is 38.8 Å². The zero-order valence-electron chi connectivity index (χ0n) is 18.8. The van der Waals surface area contributed by atoms with Gasteiger partial charge in [-0.2, -0.15) is 0 Å². The molecule has 0 saturated heterocycles. The summed E-state index contributed by atoms with van der Waals surface area (Å²) in [5.74, 6) is 0.591. The normalized spacial score (nSPS) is 12.2. The van der Waals surface area contributed by atoms with Gasteiger partial charge in [0.25, 0.3) is 0 Å². The fourth-order valence-electron chi connectivity index (χ4n) is 2.93. The van der Waals surface area contributed by atoms with Gasteiger partial charge >= 0.3 is 0 Å². The molecule has 0 heterocycles. The molecular formula is C24H31FN2O3S. The average molecular weight is 447 g/mol. The number of hydrogen-bond acceptors (Lipinski definition) is 4. The second-order valence-corrected chi connectivity index (χ2v) is 9.35. The van der Waals surface area contributed by atoms with Crippen LogP contribution in [0, 0.1) is 5.82 Å². The van der Waals surface area contributed by atoms with Gasteiger partial charge in [-0.15, -0.1) is 11.8 Å². The molecule has 0 aromatic heterocycles. The Balaban J connectivity index is 2.11. The number of amides is 2. The molecule has 1 N–H and O–H groups in total. The van der Waals surface area contributed by atoms with E-state index in [4.69, 9.17) is 4.74 Å². The Kier molecular flexibility index (Phi) is 8.92. The van der Waals surface area contributed by atoms with E-state index in [2.05, 4.69) is 5.32 Å². The second kappa shape index (κ2) is 11.2. The van der Waals surface area contributed by atoms with Crippen molar-refractivity contribution in [1.82, 2.24) is 10.2 Å². The molecule has 5 nitrogen and oxygen atoms in total. The number of benzene rings is 2. The van der Waals surface area contributed by atoms with Gasteiger partial charge in [0.1, 0.15) is 17.6 Å². The smallest absolute Gasteiger partial charge is 0.242 e. The fourth-order valence-corrected chi connectivity index (χ4v) is 3.83. The first kappa shape index (κ1) is 24.7. The molecule has 0 aliphatic heterocycles. The zero-order valence-corrected chi connectivity index (χ0v) is 19.6. The van der Waals surface area contributed by atoms with E-state index in [0.717, 1.165) is 11.3 Å². The fraction of sp³-hybridized carbons (Fsp3) is 0.417. The molecule has 2 aromatic rings. The number of thioether (sulfide) groups is 1. The van der Waals surface area contributed by atoms with E-state index in [1.807, 2.05) is 45.0 Å². The number of halogens is 1. The highest BCUT2D eigenvalue weighted by molar-refractivity contribution is 7.99. The van der Waals surface area contributed by atoms with E-state index in [9.17, 15) is 14.0 Å². The first-order valence-electron chi connectivity index (χ1n) is 10.2. The lowest BCUT2D eigenvalue weighted by Crippen LogP contribution is -2.52. The lowest BCUT2D eigenvalue weighted by molar-refractivity contribution is -0.139. The van der Waals surface area contributed by atoms with Crippen molar-refractivity contribution < 1.29 is 18.7 Å². The summed E-state index contributed by atoms with van der Waals surface area (Å²) in [6.07, 6.45) is 0. The third-order valence-electron chi connectivity index (χ3n) is 4.62. The largest absolute Gasteiger partial charge is 0.497 e. The molecule has 31 heavy (non-hydrogen) atoms. The van der Waals surface area contributed by atoms with E-state index in [0.29, 0.717) is 17.9 Å². The van der Waals surface area contributed by atoms with Crippen LogP contribution in [0.4, 0.5) is 4.39 Å². The maximum absolute atomic E-state index is 13.8. The maximum Gasteiger partial charge on any atom is 0.242 e. The Morgan fingerprint density at radius 2 is 1.77 bits per heavy atom. The van der Waals surface area contributed by atoms with Crippen molar-refractivity contribution in [3.63, 3.8) is 0 Å². The highest BCUT2D eigenvalue weighted by Gasteiger charge is 2.28. The zero-order chi connectivity index (χ0) is 23.0. The first-order chi connectivity index (χ1) is 14.6. The van der Waals surface area contributed by atoms with Gasteiger partial charge in [0.05, 0.1) is 12.9 Å². The minimum absolute atomic E-state index is 0.150. The van der Waals surface area contributed by atoms with Crippen molar-refractivity contribution in [2.75, 3.05) is 12.9 Å². The Morgan fingerprint density at radius 3 is 2.35 bits per heavy atom. The van der Waals surface area contributed by atoms with Crippen molar-refractivity contribution in [3.05, 3.63) is 65.5 Å². The molecule has 0 aliphatic carbocycles. The number of hydrogen-bond donors (Lipinski definition) is 1. The maximum atomic E-state index is 13.8. The van der Waals surface area contributed by atoms with Gasteiger partial charge in [-0.1, -0.05) is 30.3 Å². The van der Waals surface area contributed by atoms with Gasteiger partial charge in [0, 0.05) is 17.8 Å². The summed E-state index contributed by atoms with van der Waals surface area (Å²) in [6.45, 7) is 7.72. The van der Waals surface area contributed by atoms with Gasteiger partial charge in [0.15, 0.2) is 0 Å². The van der Waals surface area contributed by atoms with Gasteiger partial charge < -0.3 is 15.0 Å². The van der Waals surface area contributed by atoms with Crippen LogP contribution in [0.25, 0.3) is 0 Å². The van der Waals surface area contributed by atoms with E-state index in [1.165, 1.54) is 17.8 Å². The Hall–Kier alpha value is -2.54. The van der Waals surface area contributed by atoms with Gasteiger partial charge in [-0.25, -0.2) is 4.39 Å². The summed E-state index contributed by atoms with van der Waals surface area (Å²) >= 11 is 1.33. The predicted molar refractivity (Wildman–Crippen MR) is 123 cm³/mol. The van der Waals surface area contributed by atoms with Crippen molar-refractivity contribution in [2.24, 2.45) is 0 Å². The topological polar surface area (TPSA) is 58.6 Å². The minimum Gasteiger partial charge on any atom is -0.497 e. The first-order valence-corrected chi connectivity index (χ1v) is 11.3. The molecule has 0 aliphatic rings. The number of carbonyl (C=O) groups is 2. The van der Waals surface area contributed by atoms with Crippen LogP contribution >= 0.6 is 11.8 Å². The summed E-state index contributed by atoms with van der Waals surface area (Å²) in [6, 6.07) is 13.3. The van der Waals surface area contributed by atoms with Crippen molar-refractivity contribution in [1.29, 1.82) is 0 Å². The molecule has 2 aromatic carbocycles. The SMILES string of the molecule is COc1ccc(CN(C(=O)CSCc2ccccc2F)C(C)C(=O)NC(C)(C)C)cc1. The van der Waals surface area contributed by atoms with Crippen LogP contribution in [-0.4, -0.2) is 41.2 Å². The molecule has 0 fully saturated rings. The third kappa shape index (κ3) is 7.90. The molecule has 0 spiro atoms. The van der Waals surface area contributed by atoms with E-state index < -0.39 is 11.6 Å². The van der Waals surface area contributed by atoms with Crippen LogP contribution in [0.3, 0.4) is 0 Å². The average Bonchev–Trinajstić information content (AvgIpc) is 2.72. The third-order valence-corrected chi connectivity index (χ3v) is 5.58. The van der Waals surface area contributed by atoms with E-state index in [1.54, 1.807) is 37.1 Å². The molecule has 2 amide bonds. The standard InChI is InChI=1S/C24H31FN2O3S/c1-17(23(29)26-24(2,3)4)27(14-18-10-12-20(30-5)13-11-18)22(28)16-31-15-19-8-6-7-9-21(19)25/h6-13,17H,14-16H2,1-5H3,(H,26,29). The summed E-state index contributed by atoms with van der Waals surface area (Å²) in [4.78, 5) is 27.4. The molecule has 0 bridgehead atoms. The lowest BCUT2D eigenvalue weighted by Gasteiger charge is -2.31. The number of ether oxygens (including phenoxy) is 1. The molecule has 0 saturated carbocycles. The highest BCUT2D eigenvalue weighted by atomic mass is 32.2. The summed E-state index contributed by atoms with van der Waals surface area (Å²) in [5.41, 5.74) is 1.05. The molecule has 7 heteroatoms. The summed E-state index contributed by atoms with van der Waals surface area (Å²) in [5, 5.41) is 2.94. The van der Waals surface area contributed by atoms with Crippen LogP contribution in [0.15, 0.2) is 48.5 Å². The minimum atomic E-state index is -0.650. The molecule has 2 rings (SSSR count). The Morgan fingerprint density at radius 1 is 1.13 bits per heavy atom.